The topological polar surface area (TPSA) is 75.6 Å². The summed E-state index contributed by atoms with van der Waals surface area (Å²) in [4.78, 5) is 8.37. The Balaban J connectivity index is 2.32. The van der Waals surface area contributed by atoms with E-state index in [1.807, 2.05) is 6.07 Å². The van der Waals surface area contributed by atoms with E-state index in [0.29, 0.717) is 26.6 Å². The Morgan fingerprint density at radius 2 is 2.20 bits per heavy atom. The highest BCUT2D eigenvalue weighted by Gasteiger charge is 2.17. The van der Waals surface area contributed by atoms with Gasteiger partial charge in [0, 0.05) is 11.8 Å². The Morgan fingerprint density at radius 3 is 2.90 bits per heavy atom. The molecule has 0 saturated carbocycles. The Hall–Kier alpha value is -2.23. The molecule has 2 aromatic heterocycles. The fourth-order valence-corrected chi connectivity index (χ4v) is 3.25. The quantitative estimate of drug-likeness (QED) is 0.745. The highest BCUT2D eigenvalue weighted by Crippen LogP contribution is 2.38. The zero-order valence-corrected chi connectivity index (χ0v) is 11.5. The number of hydrogen-bond acceptors (Lipinski definition) is 5. The first-order valence-electron chi connectivity index (χ1n) is 5.50. The van der Waals surface area contributed by atoms with E-state index in [2.05, 4.69) is 9.97 Å². The standard InChI is InChI=1S/C13H6ClFN4S/c14-8-4-7(15)3-6(5-16)10(8)13-19-9-1-2-18-12(17)11(9)20-13/h1-4H,(H2,17,18). The van der Waals surface area contributed by atoms with Crippen LogP contribution in [0.4, 0.5) is 10.2 Å². The van der Waals surface area contributed by atoms with Gasteiger partial charge in [-0.05, 0) is 18.2 Å². The minimum atomic E-state index is -0.558. The van der Waals surface area contributed by atoms with Crippen molar-refractivity contribution in [1.82, 2.24) is 9.97 Å². The molecular formula is C13H6ClFN4S. The van der Waals surface area contributed by atoms with E-state index in [1.165, 1.54) is 11.3 Å². The highest BCUT2D eigenvalue weighted by molar-refractivity contribution is 7.22. The van der Waals surface area contributed by atoms with Crippen LogP contribution in [0.5, 0.6) is 0 Å². The van der Waals surface area contributed by atoms with Crippen molar-refractivity contribution in [2.75, 3.05) is 5.73 Å². The van der Waals surface area contributed by atoms with Crippen molar-refractivity contribution in [3.05, 3.63) is 40.8 Å². The summed E-state index contributed by atoms with van der Waals surface area (Å²) in [6, 6.07) is 5.94. The summed E-state index contributed by atoms with van der Waals surface area (Å²) < 4.78 is 14.0. The number of hydrogen-bond donors (Lipinski definition) is 1. The van der Waals surface area contributed by atoms with Crippen molar-refractivity contribution in [3.8, 4) is 16.6 Å². The maximum absolute atomic E-state index is 13.3. The Morgan fingerprint density at radius 1 is 1.40 bits per heavy atom. The molecule has 0 radical (unpaired) electrons. The highest BCUT2D eigenvalue weighted by atomic mass is 35.5. The molecule has 0 amide bonds. The molecule has 3 rings (SSSR count). The zero-order chi connectivity index (χ0) is 14.3. The smallest absolute Gasteiger partial charge is 0.143 e. The number of pyridine rings is 1. The molecular weight excluding hydrogens is 299 g/mol. The lowest BCUT2D eigenvalue weighted by molar-refractivity contribution is 0.627. The second-order valence-corrected chi connectivity index (χ2v) is 5.39. The number of aromatic nitrogens is 2. The lowest BCUT2D eigenvalue weighted by Crippen LogP contribution is -1.88. The normalized spacial score (nSPS) is 10.7. The molecule has 0 aliphatic heterocycles. The molecule has 2 heterocycles. The molecule has 0 saturated heterocycles. The summed E-state index contributed by atoms with van der Waals surface area (Å²) >= 11 is 7.31. The van der Waals surface area contributed by atoms with Crippen molar-refractivity contribution < 1.29 is 4.39 Å². The van der Waals surface area contributed by atoms with Crippen LogP contribution in [0.2, 0.25) is 5.02 Å². The number of halogens is 2. The van der Waals surface area contributed by atoms with Crippen molar-refractivity contribution in [3.63, 3.8) is 0 Å². The number of nitriles is 1. The van der Waals surface area contributed by atoms with E-state index in [0.717, 1.165) is 12.1 Å². The summed E-state index contributed by atoms with van der Waals surface area (Å²) in [7, 11) is 0. The second kappa shape index (κ2) is 4.71. The van der Waals surface area contributed by atoms with E-state index in [1.54, 1.807) is 12.3 Å². The summed E-state index contributed by atoms with van der Waals surface area (Å²) in [6.45, 7) is 0. The average molecular weight is 305 g/mol. The van der Waals surface area contributed by atoms with Gasteiger partial charge in [-0.3, -0.25) is 0 Å². The van der Waals surface area contributed by atoms with Gasteiger partial charge in [-0.1, -0.05) is 11.6 Å². The molecule has 0 atom stereocenters. The molecule has 0 fully saturated rings. The summed E-state index contributed by atoms with van der Waals surface area (Å²) in [6.07, 6.45) is 1.55. The van der Waals surface area contributed by atoms with E-state index in [-0.39, 0.29) is 10.6 Å². The first kappa shape index (κ1) is 12.8. The minimum Gasteiger partial charge on any atom is -0.382 e. The van der Waals surface area contributed by atoms with Gasteiger partial charge >= 0.3 is 0 Å². The van der Waals surface area contributed by atoms with Gasteiger partial charge in [0.05, 0.1) is 20.8 Å². The van der Waals surface area contributed by atoms with Crippen molar-refractivity contribution in [2.45, 2.75) is 0 Å². The molecule has 1 aromatic carbocycles. The third-order valence-electron chi connectivity index (χ3n) is 2.72. The molecule has 0 aliphatic carbocycles. The largest absolute Gasteiger partial charge is 0.382 e. The predicted molar refractivity (Wildman–Crippen MR) is 76.9 cm³/mol. The molecule has 4 nitrogen and oxygen atoms in total. The van der Waals surface area contributed by atoms with Crippen LogP contribution < -0.4 is 5.73 Å². The van der Waals surface area contributed by atoms with Gasteiger partial charge in [0.15, 0.2) is 0 Å². The molecule has 0 spiro atoms. The fraction of sp³-hybridized carbons (Fsp3) is 0. The van der Waals surface area contributed by atoms with Crippen molar-refractivity contribution in [2.24, 2.45) is 0 Å². The molecule has 98 valence electrons. The van der Waals surface area contributed by atoms with Crippen LogP contribution in [0.15, 0.2) is 24.4 Å². The van der Waals surface area contributed by atoms with Gasteiger partial charge in [0.25, 0.3) is 0 Å². The van der Waals surface area contributed by atoms with E-state index >= 15 is 0 Å². The number of fused-ring (bicyclic) bond motifs is 1. The van der Waals surface area contributed by atoms with Crippen LogP contribution in [0.1, 0.15) is 5.56 Å². The van der Waals surface area contributed by atoms with Crippen molar-refractivity contribution >= 4 is 39.0 Å². The van der Waals surface area contributed by atoms with Gasteiger partial charge in [0.2, 0.25) is 0 Å². The number of nitrogen functional groups attached to an aromatic ring is 1. The van der Waals surface area contributed by atoms with Crippen LogP contribution in [0.25, 0.3) is 20.8 Å². The molecule has 0 unspecified atom stereocenters. The van der Waals surface area contributed by atoms with E-state index < -0.39 is 5.82 Å². The van der Waals surface area contributed by atoms with Gasteiger partial charge in [-0.15, -0.1) is 11.3 Å². The molecule has 2 N–H and O–H groups in total. The maximum atomic E-state index is 13.3. The number of rotatable bonds is 1. The second-order valence-electron chi connectivity index (χ2n) is 3.99. The first-order chi connectivity index (χ1) is 9.60. The van der Waals surface area contributed by atoms with Crippen LogP contribution >= 0.6 is 22.9 Å². The molecule has 7 heteroatoms. The van der Waals surface area contributed by atoms with Gasteiger partial charge in [-0.2, -0.15) is 5.26 Å². The Kier molecular flexibility index (Phi) is 3.01. The number of benzene rings is 1. The SMILES string of the molecule is N#Cc1cc(F)cc(Cl)c1-c1nc2ccnc(N)c2s1. The van der Waals surface area contributed by atoms with Crippen molar-refractivity contribution in [1.29, 1.82) is 5.26 Å². The van der Waals surface area contributed by atoms with Gasteiger partial charge < -0.3 is 5.73 Å². The van der Waals surface area contributed by atoms with Crippen LogP contribution in [-0.4, -0.2) is 9.97 Å². The molecule has 20 heavy (non-hydrogen) atoms. The van der Waals surface area contributed by atoms with E-state index in [9.17, 15) is 4.39 Å². The van der Waals surface area contributed by atoms with Crippen LogP contribution in [0.3, 0.4) is 0 Å². The first-order valence-corrected chi connectivity index (χ1v) is 6.70. The Labute approximate surface area is 122 Å². The number of thiazole rings is 1. The number of anilines is 1. The fourth-order valence-electron chi connectivity index (χ4n) is 1.86. The van der Waals surface area contributed by atoms with Gasteiger partial charge in [-0.25, -0.2) is 14.4 Å². The van der Waals surface area contributed by atoms with Crippen LogP contribution in [-0.2, 0) is 0 Å². The Bertz CT molecular complexity index is 869. The summed E-state index contributed by atoms with van der Waals surface area (Å²) in [5, 5.41) is 9.78. The molecule has 0 aliphatic rings. The summed E-state index contributed by atoms with van der Waals surface area (Å²) in [5.74, 6) is -0.194. The third kappa shape index (κ3) is 1.97. The van der Waals surface area contributed by atoms with Crippen LogP contribution in [0, 0.1) is 17.1 Å². The van der Waals surface area contributed by atoms with Gasteiger partial charge in [0.1, 0.15) is 22.7 Å². The average Bonchev–Trinajstić information content (AvgIpc) is 2.82. The maximum Gasteiger partial charge on any atom is 0.143 e. The lowest BCUT2D eigenvalue weighted by Gasteiger charge is -2.03. The predicted octanol–water partition coefficient (Wildman–Crippen LogP) is 3.60. The zero-order valence-electron chi connectivity index (χ0n) is 9.89. The summed E-state index contributed by atoms with van der Waals surface area (Å²) in [5.41, 5.74) is 7.00. The molecule has 0 bridgehead atoms. The third-order valence-corrected chi connectivity index (χ3v) is 4.13. The molecule has 3 aromatic rings. The minimum absolute atomic E-state index is 0.139. The lowest BCUT2D eigenvalue weighted by atomic mass is 10.1. The number of nitrogens with zero attached hydrogens (tertiary/aromatic N) is 3. The monoisotopic (exact) mass is 304 g/mol. The van der Waals surface area contributed by atoms with E-state index in [4.69, 9.17) is 22.6 Å². The number of nitrogens with two attached hydrogens (primary N) is 1.